The zero-order valence-electron chi connectivity index (χ0n) is 12.3. The van der Waals surface area contributed by atoms with E-state index in [2.05, 4.69) is 19.2 Å². The summed E-state index contributed by atoms with van der Waals surface area (Å²) in [6, 6.07) is 0.379. The maximum absolute atomic E-state index is 9.96. The second-order valence-electron chi connectivity index (χ2n) is 6.26. The number of hydrogen-bond acceptors (Lipinski definition) is 4. The van der Waals surface area contributed by atoms with Gasteiger partial charge in [-0.05, 0) is 32.1 Å². The van der Waals surface area contributed by atoms with Crippen molar-refractivity contribution in [2.75, 3.05) is 19.8 Å². The Kier molecular flexibility index (Phi) is 6.07. The van der Waals surface area contributed by atoms with Gasteiger partial charge in [0.05, 0.1) is 24.9 Å². The summed E-state index contributed by atoms with van der Waals surface area (Å²) in [5.41, 5.74) is 0. The van der Waals surface area contributed by atoms with Gasteiger partial charge in [0.1, 0.15) is 0 Å². The quantitative estimate of drug-likeness (QED) is 0.772. The molecule has 2 N–H and O–H groups in total. The molecule has 0 aromatic heterocycles. The third kappa shape index (κ3) is 5.03. The van der Waals surface area contributed by atoms with Crippen LogP contribution in [0.15, 0.2) is 0 Å². The van der Waals surface area contributed by atoms with Gasteiger partial charge in [-0.3, -0.25) is 0 Å². The normalized spacial score (nSPS) is 37.4. The summed E-state index contributed by atoms with van der Waals surface area (Å²) >= 11 is 0. The van der Waals surface area contributed by atoms with E-state index >= 15 is 0 Å². The first kappa shape index (κ1) is 15.2. The first-order valence-corrected chi connectivity index (χ1v) is 7.79. The molecule has 1 saturated heterocycles. The second-order valence-corrected chi connectivity index (χ2v) is 6.26. The van der Waals surface area contributed by atoms with Gasteiger partial charge in [0.25, 0.3) is 0 Å². The maximum atomic E-state index is 9.96. The molecule has 19 heavy (non-hydrogen) atoms. The Morgan fingerprint density at radius 1 is 1.32 bits per heavy atom. The van der Waals surface area contributed by atoms with Crippen LogP contribution in [0.1, 0.15) is 46.0 Å². The number of aliphatic hydroxyl groups excluding tert-OH is 1. The molecular formula is C15H29NO3. The number of ether oxygens (including phenoxy) is 2. The lowest BCUT2D eigenvalue weighted by molar-refractivity contribution is -0.0316. The fraction of sp³-hybridized carbons (Fsp3) is 1.00. The summed E-state index contributed by atoms with van der Waals surface area (Å²) in [6.07, 6.45) is 6.12. The van der Waals surface area contributed by atoms with Gasteiger partial charge in [-0.1, -0.05) is 19.8 Å². The van der Waals surface area contributed by atoms with Crippen molar-refractivity contribution in [2.45, 2.75) is 70.3 Å². The molecule has 2 aliphatic rings. The van der Waals surface area contributed by atoms with E-state index in [-0.39, 0.29) is 6.10 Å². The smallest absolute Gasteiger partial charge is 0.0897 e. The molecule has 5 atom stereocenters. The fourth-order valence-electron chi connectivity index (χ4n) is 3.12. The molecule has 5 unspecified atom stereocenters. The van der Waals surface area contributed by atoms with Crippen molar-refractivity contribution in [3.8, 4) is 0 Å². The molecule has 1 heterocycles. The highest BCUT2D eigenvalue weighted by Crippen LogP contribution is 2.25. The molecule has 4 nitrogen and oxygen atoms in total. The molecule has 0 bridgehead atoms. The van der Waals surface area contributed by atoms with Gasteiger partial charge < -0.3 is 19.9 Å². The zero-order chi connectivity index (χ0) is 13.7. The van der Waals surface area contributed by atoms with E-state index in [0.717, 1.165) is 31.8 Å². The van der Waals surface area contributed by atoms with E-state index in [1.165, 1.54) is 12.8 Å². The van der Waals surface area contributed by atoms with Gasteiger partial charge in [-0.15, -0.1) is 0 Å². The van der Waals surface area contributed by atoms with E-state index in [1.54, 1.807) is 0 Å². The van der Waals surface area contributed by atoms with Gasteiger partial charge in [0.2, 0.25) is 0 Å². The third-order valence-corrected chi connectivity index (χ3v) is 4.40. The van der Waals surface area contributed by atoms with Gasteiger partial charge in [0, 0.05) is 19.2 Å². The summed E-state index contributed by atoms with van der Waals surface area (Å²) in [7, 11) is 0. The summed E-state index contributed by atoms with van der Waals surface area (Å²) < 4.78 is 11.3. The Morgan fingerprint density at radius 3 is 2.84 bits per heavy atom. The number of rotatable bonds is 6. The average molecular weight is 271 g/mol. The molecule has 4 heteroatoms. The van der Waals surface area contributed by atoms with Crippen molar-refractivity contribution in [3.63, 3.8) is 0 Å². The Morgan fingerprint density at radius 2 is 2.16 bits per heavy atom. The molecule has 0 aromatic carbocycles. The van der Waals surface area contributed by atoms with Crippen LogP contribution in [-0.4, -0.2) is 49.2 Å². The monoisotopic (exact) mass is 271 g/mol. The lowest BCUT2D eigenvalue weighted by Gasteiger charge is -2.28. The minimum atomic E-state index is -0.412. The van der Waals surface area contributed by atoms with Crippen LogP contribution in [0.25, 0.3) is 0 Å². The van der Waals surface area contributed by atoms with Crippen LogP contribution >= 0.6 is 0 Å². The van der Waals surface area contributed by atoms with Crippen LogP contribution in [0.3, 0.4) is 0 Å². The van der Waals surface area contributed by atoms with Crippen LogP contribution in [0, 0.1) is 5.92 Å². The van der Waals surface area contributed by atoms with Gasteiger partial charge in [-0.2, -0.15) is 0 Å². The predicted octanol–water partition coefficient (Wildman–Crippen LogP) is 1.71. The topological polar surface area (TPSA) is 50.7 Å². The fourth-order valence-corrected chi connectivity index (χ4v) is 3.12. The van der Waals surface area contributed by atoms with E-state index in [0.29, 0.717) is 25.3 Å². The summed E-state index contributed by atoms with van der Waals surface area (Å²) in [5, 5.41) is 13.3. The zero-order valence-corrected chi connectivity index (χ0v) is 12.3. The van der Waals surface area contributed by atoms with Crippen LogP contribution in [-0.2, 0) is 9.47 Å². The summed E-state index contributed by atoms with van der Waals surface area (Å²) in [6.45, 7) is 6.24. The molecule has 112 valence electrons. The van der Waals surface area contributed by atoms with Gasteiger partial charge in [0.15, 0.2) is 0 Å². The van der Waals surface area contributed by atoms with Crippen LogP contribution < -0.4 is 5.32 Å². The van der Waals surface area contributed by atoms with E-state index < -0.39 is 6.10 Å². The molecule has 1 saturated carbocycles. The van der Waals surface area contributed by atoms with Crippen LogP contribution in [0.4, 0.5) is 0 Å². The average Bonchev–Trinajstić information content (AvgIpc) is 2.80. The minimum Gasteiger partial charge on any atom is -0.389 e. The first-order valence-electron chi connectivity index (χ1n) is 7.79. The van der Waals surface area contributed by atoms with E-state index in [1.807, 2.05) is 0 Å². The van der Waals surface area contributed by atoms with Crippen molar-refractivity contribution in [3.05, 3.63) is 0 Å². The Hall–Kier alpha value is -0.160. The molecule has 0 amide bonds. The molecule has 2 fully saturated rings. The standard InChI is InChI=1S/C15H29NO3/c1-11-4-3-5-14(8-11)19-10-13(17)9-16-15-6-7-18-12(15)2/h11-17H,3-10H2,1-2H3. The Labute approximate surface area is 116 Å². The lowest BCUT2D eigenvalue weighted by atomic mass is 9.89. The molecule has 2 rings (SSSR count). The SMILES string of the molecule is CC1CCCC(OCC(O)CNC2CCOC2C)C1. The van der Waals surface area contributed by atoms with E-state index in [4.69, 9.17) is 9.47 Å². The predicted molar refractivity (Wildman–Crippen MR) is 75.2 cm³/mol. The Balaban J connectivity index is 1.57. The lowest BCUT2D eigenvalue weighted by Crippen LogP contribution is -2.41. The number of hydrogen-bond donors (Lipinski definition) is 2. The van der Waals surface area contributed by atoms with Crippen molar-refractivity contribution >= 4 is 0 Å². The molecule has 0 aromatic rings. The number of nitrogens with one attached hydrogen (secondary N) is 1. The molecule has 0 radical (unpaired) electrons. The maximum Gasteiger partial charge on any atom is 0.0897 e. The van der Waals surface area contributed by atoms with Crippen molar-refractivity contribution < 1.29 is 14.6 Å². The molecule has 1 aliphatic carbocycles. The Bertz CT molecular complexity index is 262. The van der Waals surface area contributed by atoms with Crippen molar-refractivity contribution in [2.24, 2.45) is 5.92 Å². The first-order chi connectivity index (χ1) is 9.15. The largest absolute Gasteiger partial charge is 0.389 e. The third-order valence-electron chi connectivity index (χ3n) is 4.40. The molecular weight excluding hydrogens is 242 g/mol. The van der Waals surface area contributed by atoms with Crippen LogP contribution in [0.2, 0.25) is 0 Å². The van der Waals surface area contributed by atoms with Crippen molar-refractivity contribution in [1.82, 2.24) is 5.32 Å². The highest BCUT2D eigenvalue weighted by Gasteiger charge is 2.24. The summed E-state index contributed by atoms with van der Waals surface area (Å²) in [5.74, 6) is 0.769. The molecule has 1 aliphatic heterocycles. The van der Waals surface area contributed by atoms with Crippen LogP contribution in [0.5, 0.6) is 0 Å². The minimum absolute atomic E-state index is 0.257. The molecule has 0 spiro atoms. The summed E-state index contributed by atoms with van der Waals surface area (Å²) in [4.78, 5) is 0. The highest BCUT2D eigenvalue weighted by molar-refractivity contribution is 4.80. The van der Waals surface area contributed by atoms with Gasteiger partial charge >= 0.3 is 0 Å². The second kappa shape index (κ2) is 7.58. The number of aliphatic hydroxyl groups is 1. The highest BCUT2D eigenvalue weighted by atomic mass is 16.5. The van der Waals surface area contributed by atoms with Gasteiger partial charge in [-0.25, -0.2) is 0 Å². The van der Waals surface area contributed by atoms with Crippen molar-refractivity contribution in [1.29, 1.82) is 0 Å². The van der Waals surface area contributed by atoms with E-state index in [9.17, 15) is 5.11 Å².